The molecule has 0 atom stereocenters. The van der Waals surface area contributed by atoms with E-state index in [0.29, 0.717) is 35.1 Å². The van der Waals surface area contributed by atoms with Crippen molar-refractivity contribution >= 4 is 28.9 Å². The van der Waals surface area contributed by atoms with E-state index < -0.39 is 0 Å². The molecule has 0 fully saturated rings. The number of nitrogen functional groups attached to an aromatic ring is 1. The predicted molar refractivity (Wildman–Crippen MR) is 84.1 cm³/mol. The van der Waals surface area contributed by atoms with Crippen molar-refractivity contribution in [1.29, 1.82) is 0 Å². The highest BCUT2D eigenvalue weighted by Crippen LogP contribution is 2.37. The number of rotatable bonds is 2. The van der Waals surface area contributed by atoms with Gasteiger partial charge < -0.3 is 15.8 Å². The maximum Gasteiger partial charge on any atom is 0.224 e. The van der Waals surface area contributed by atoms with Crippen molar-refractivity contribution in [1.82, 2.24) is 0 Å². The third-order valence-electron chi connectivity index (χ3n) is 3.44. The van der Waals surface area contributed by atoms with Crippen LogP contribution in [0.15, 0.2) is 30.3 Å². The Morgan fingerprint density at radius 1 is 1.19 bits per heavy atom. The number of halogens is 1. The van der Waals surface area contributed by atoms with Gasteiger partial charge in [-0.2, -0.15) is 0 Å². The molecule has 1 aliphatic heterocycles. The Balaban J connectivity index is 1.97. The summed E-state index contributed by atoms with van der Waals surface area (Å²) in [6.07, 6.45) is 1.17. The number of nitrogens with two attached hydrogens (primary N) is 1. The number of carbonyl (C=O) groups excluding carboxylic acids is 1. The van der Waals surface area contributed by atoms with Gasteiger partial charge in [-0.3, -0.25) is 4.79 Å². The van der Waals surface area contributed by atoms with Crippen LogP contribution in [-0.4, -0.2) is 5.91 Å². The van der Waals surface area contributed by atoms with Gasteiger partial charge in [0.15, 0.2) is 5.75 Å². The molecular weight excluding hydrogens is 288 g/mol. The minimum atomic E-state index is 0.00630. The fraction of sp³-hybridized carbons (Fsp3) is 0.188. The van der Waals surface area contributed by atoms with Crippen molar-refractivity contribution in [3.05, 3.63) is 46.5 Å². The Labute approximate surface area is 127 Å². The lowest BCUT2D eigenvalue weighted by molar-refractivity contribution is -0.116. The molecule has 0 saturated heterocycles. The summed E-state index contributed by atoms with van der Waals surface area (Å²) in [5.41, 5.74) is 9.38. The molecule has 0 aromatic heterocycles. The minimum absolute atomic E-state index is 0.00630. The van der Waals surface area contributed by atoms with E-state index in [4.69, 9.17) is 22.1 Å². The molecule has 0 unspecified atom stereocenters. The number of hydrogen-bond acceptors (Lipinski definition) is 3. The fourth-order valence-corrected chi connectivity index (χ4v) is 2.48. The Morgan fingerprint density at radius 3 is 2.81 bits per heavy atom. The lowest BCUT2D eigenvalue weighted by atomic mass is 10.0. The molecule has 108 valence electrons. The third kappa shape index (κ3) is 2.81. The normalized spacial score (nSPS) is 13.5. The van der Waals surface area contributed by atoms with Gasteiger partial charge in [0.1, 0.15) is 5.75 Å². The first-order valence-corrected chi connectivity index (χ1v) is 7.07. The molecule has 4 nitrogen and oxygen atoms in total. The number of anilines is 2. The Bertz CT molecular complexity index is 728. The van der Waals surface area contributed by atoms with Gasteiger partial charge >= 0.3 is 0 Å². The van der Waals surface area contributed by atoms with E-state index in [1.54, 1.807) is 12.1 Å². The lowest BCUT2D eigenvalue weighted by Gasteiger charge is -2.19. The predicted octanol–water partition coefficient (Wildman–Crippen LogP) is 3.91. The molecule has 2 aromatic carbocycles. The minimum Gasteiger partial charge on any atom is -0.454 e. The van der Waals surface area contributed by atoms with E-state index >= 15 is 0 Å². The van der Waals surface area contributed by atoms with Crippen LogP contribution in [0.2, 0.25) is 5.02 Å². The largest absolute Gasteiger partial charge is 0.454 e. The first-order chi connectivity index (χ1) is 10.0. The number of ether oxygens (including phenoxy) is 1. The second kappa shape index (κ2) is 5.30. The van der Waals surface area contributed by atoms with E-state index in [0.717, 1.165) is 16.8 Å². The number of hydrogen-bond donors (Lipinski definition) is 2. The maximum absolute atomic E-state index is 11.5. The Hall–Kier alpha value is -2.20. The number of nitrogens with one attached hydrogen (secondary N) is 1. The van der Waals surface area contributed by atoms with Crippen LogP contribution in [0.5, 0.6) is 11.5 Å². The lowest BCUT2D eigenvalue weighted by Crippen LogP contribution is -2.19. The Morgan fingerprint density at radius 2 is 2.00 bits per heavy atom. The number of carbonyl (C=O) groups is 1. The Kier molecular flexibility index (Phi) is 3.47. The van der Waals surface area contributed by atoms with Gasteiger partial charge in [0.25, 0.3) is 0 Å². The van der Waals surface area contributed by atoms with Crippen molar-refractivity contribution < 1.29 is 9.53 Å². The second-order valence-electron chi connectivity index (χ2n) is 5.13. The molecule has 1 amide bonds. The summed E-state index contributed by atoms with van der Waals surface area (Å²) < 4.78 is 5.81. The van der Waals surface area contributed by atoms with Crippen molar-refractivity contribution in [2.24, 2.45) is 0 Å². The van der Waals surface area contributed by atoms with Gasteiger partial charge in [-0.25, -0.2) is 0 Å². The summed E-state index contributed by atoms with van der Waals surface area (Å²) in [5.74, 6) is 1.04. The molecule has 0 saturated carbocycles. The summed E-state index contributed by atoms with van der Waals surface area (Å²) in [7, 11) is 0. The van der Waals surface area contributed by atoms with Crippen LogP contribution in [-0.2, 0) is 11.2 Å². The van der Waals surface area contributed by atoms with Gasteiger partial charge in [0.05, 0.1) is 10.7 Å². The van der Waals surface area contributed by atoms with E-state index in [9.17, 15) is 4.79 Å². The zero-order valence-electron chi connectivity index (χ0n) is 11.6. The molecule has 0 spiro atoms. The van der Waals surface area contributed by atoms with Crippen molar-refractivity contribution in [3.63, 3.8) is 0 Å². The molecular formula is C16H15ClN2O2. The van der Waals surface area contributed by atoms with Gasteiger partial charge in [-0.05, 0) is 42.7 Å². The average molecular weight is 303 g/mol. The van der Waals surface area contributed by atoms with Gasteiger partial charge in [0, 0.05) is 18.2 Å². The van der Waals surface area contributed by atoms with E-state index in [2.05, 4.69) is 5.32 Å². The molecule has 1 aliphatic rings. The molecule has 21 heavy (non-hydrogen) atoms. The SMILES string of the molecule is Cc1ccc(Cl)c(Oc2cc3c(cc2N)CCC(=O)N3)c1. The first kappa shape index (κ1) is 13.8. The highest BCUT2D eigenvalue weighted by atomic mass is 35.5. The van der Waals surface area contributed by atoms with Crippen LogP contribution >= 0.6 is 11.6 Å². The van der Waals surface area contributed by atoms with Crippen LogP contribution in [0, 0.1) is 6.92 Å². The number of amides is 1. The van der Waals surface area contributed by atoms with Crippen LogP contribution in [0.4, 0.5) is 11.4 Å². The highest BCUT2D eigenvalue weighted by Gasteiger charge is 2.18. The molecule has 5 heteroatoms. The van der Waals surface area contributed by atoms with E-state index in [-0.39, 0.29) is 5.91 Å². The summed E-state index contributed by atoms with van der Waals surface area (Å²) in [5, 5.41) is 3.35. The summed E-state index contributed by atoms with van der Waals surface area (Å²) in [6.45, 7) is 1.96. The smallest absolute Gasteiger partial charge is 0.224 e. The average Bonchev–Trinajstić information content (AvgIpc) is 2.44. The molecule has 1 heterocycles. The van der Waals surface area contributed by atoms with Crippen molar-refractivity contribution in [2.75, 3.05) is 11.1 Å². The van der Waals surface area contributed by atoms with Crippen LogP contribution in [0.3, 0.4) is 0 Å². The van der Waals surface area contributed by atoms with Gasteiger partial charge in [-0.1, -0.05) is 17.7 Å². The maximum atomic E-state index is 11.5. The summed E-state index contributed by atoms with van der Waals surface area (Å²) in [4.78, 5) is 11.5. The molecule has 0 aliphatic carbocycles. The number of benzene rings is 2. The van der Waals surface area contributed by atoms with Crippen molar-refractivity contribution in [3.8, 4) is 11.5 Å². The molecule has 0 bridgehead atoms. The van der Waals surface area contributed by atoms with Crippen LogP contribution in [0.25, 0.3) is 0 Å². The fourth-order valence-electron chi connectivity index (χ4n) is 2.32. The molecule has 3 rings (SSSR count). The molecule has 2 aromatic rings. The third-order valence-corrected chi connectivity index (χ3v) is 3.75. The van der Waals surface area contributed by atoms with Gasteiger partial charge in [0.2, 0.25) is 5.91 Å². The van der Waals surface area contributed by atoms with Crippen LogP contribution in [0.1, 0.15) is 17.5 Å². The molecule has 0 radical (unpaired) electrons. The van der Waals surface area contributed by atoms with Crippen LogP contribution < -0.4 is 15.8 Å². The standard InChI is InChI=1S/C16H15ClN2O2/c1-9-2-4-11(17)14(6-9)21-15-8-13-10(7-12(15)18)3-5-16(20)19-13/h2,4,6-8H,3,5,18H2,1H3,(H,19,20). The van der Waals surface area contributed by atoms with E-state index in [1.807, 2.05) is 25.1 Å². The zero-order valence-corrected chi connectivity index (χ0v) is 12.3. The highest BCUT2D eigenvalue weighted by molar-refractivity contribution is 6.32. The first-order valence-electron chi connectivity index (χ1n) is 6.69. The quantitative estimate of drug-likeness (QED) is 0.827. The number of aryl methyl sites for hydroxylation is 2. The summed E-state index contributed by atoms with van der Waals surface area (Å²) in [6, 6.07) is 9.13. The monoisotopic (exact) mass is 302 g/mol. The zero-order chi connectivity index (χ0) is 15.0. The summed E-state index contributed by atoms with van der Waals surface area (Å²) >= 11 is 6.13. The second-order valence-corrected chi connectivity index (χ2v) is 5.54. The van der Waals surface area contributed by atoms with Crippen molar-refractivity contribution in [2.45, 2.75) is 19.8 Å². The number of fused-ring (bicyclic) bond motifs is 1. The topological polar surface area (TPSA) is 64.3 Å². The van der Waals surface area contributed by atoms with E-state index in [1.165, 1.54) is 0 Å². The molecule has 3 N–H and O–H groups in total. The van der Waals surface area contributed by atoms with Gasteiger partial charge in [-0.15, -0.1) is 0 Å².